The molecule has 1 aliphatic rings. The van der Waals surface area contributed by atoms with Gasteiger partial charge in [0.1, 0.15) is 18.1 Å². The Kier molecular flexibility index (Phi) is 5.06. The number of hydrogen-bond acceptors (Lipinski definition) is 5. The lowest BCUT2D eigenvalue weighted by Crippen LogP contribution is -2.22. The highest BCUT2D eigenvalue weighted by atomic mass is 28.3. The highest BCUT2D eigenvalue weighted by Gasteiger charge is 2.30. The van der Waals surface area contributed by atoms with Gasteiger partial charge in [0, 0.05) is 37.7 Å². The molecule has 1 aromatic carbocycles. The van der Waals surface area contributed by atoms with Crippen LogP contribution in [0.3, 0.4) is 0 Å². The third-order valence-electron chi connectivity index (χ3n) is 5.75. The molecule has 31 heavy (non-hydrogen) atoms. The fourth-order valence-electron chi connectivity index (χ4n) is 3.79. The Balaban J connectivity index is 1.47. The van der Waals surface area contributed by atoms with E-state index >= 15 is 0 Å². The maximum absolute atomic E-state index is 5.90. The summed E-state index contributed by atoms with van der Waals surface area (Å²) in [4.78, 5) is 9.59. The van der Waals surface area contributed by atoms with Gasteiger partial charge in [-0.2, -0.15) is 10.1 Å². The lowest BCUT2D eigenvalue weighted by Gasteiger charge is -2.15. The predicted molar refractivity (Wildman–Crippen MR) is 125 cm³/mol. The molecule has 0 saturated heterocycles. The van der Waals surface area contributed by atoms with Crippen molar-refractivity contribution in [2.45, 2.75) is 51.2 Å². The smallest absolute Gasteiger partial charge is 0.215 e. The summed E-state index contributed by atoms with van der Waals surface area (Å²) in [5.41, 5.74) is 3.86. The van der Waals surface area contributed by atoms with Crippen LogP contribution in [0.15, 0.2) is 36.5 Å². The van der Waals surface area contributed by atoms with Crippen molar-refractivity contribution in [3.05, 3.63) is 42.4 Å². The molecule has 0 amide bonds. The molecule has 1 fully saturated rings. The van der Waals surface area contributed by atoms with E-state index in [2.05, 4.69) is 47.5 Å². The van der Waals surface area contributed by atoms with Crippen LogP contribution in [0, 0.1) is 0 Å². The Labute approximate surface area is 183 Å². The maximum Gasteiger partial charge on any atom is 0.215 e. The molecule has 0 unspecified atom stereocenters. The Morgan fingerprint density at radius 3 is 2.68 bits per heavy atom. The topological polar surface area (TPSA) is 67.0 Å². The first-order valence-corrected chi connectivity index (χ1v) is 14.6. The summed E-state index contributed by atoms with van der Waals surface area (Å²) < 4.78 is 15.4. The van der Waals surface area contributed by atoms with Gasteiger partial charge in [0.2, 0.25) is 5.88 Å². The van der Waals surface area contributed by atoms with Crippen molar-refractivity contribution in [2.75, 3.05) is 13.7 Å². The van der Waals surface area contributed by atoms with E-state index in [9.17, 15) is 0 Å². The largest absolute Gasteiger partial charge is 0.481 e. The summed E-state index contributed by atoms with van der Waals surface area (Å²) in [5, 5.41) is 5.64. The van der Waals surface area contributed by atoms with E-state index in [-0.39, 0.29) is 0 Å². The first-order chi connectivity index (χ1) is 14.9. The second-order valence-electron chi connectivity index (χ2n) is 9.51. The van der Waals surface area contributed by atoms with Crippen LogP contribution in [0.4, 0.5) is 0 Å². The van der Waals surface area contributed by atoms with Crippen molar-refractivity contribution < 1.29 is 9.47 Å². The molecule has 0 aliphatic heterocycles. The minimum atomic E-state index is -1.09. The number of hydrogen-bond donors (Lipinski definition) is 0. The van der Waals surface area contributed by atoms with Gasteiger partial charge < -0.3 is 9.47 Å². The summed E-state index contributed by atoms with van der Waals surface area (Å²) in [6.07, 6.45) is 4.26. The first-order valence-electron chi connectivity index (χ1n) is 10.9. The molecule has 0 N–H and O–H groups in total. The zero-order valence-electron chi connectivity index (χ0n) is 18.6. The van der Waals surface area contributed by atoms with Crippen molar-refractivity contribution in [1.82, 2.24) is 24.3 Å². The fraction of sp³-hybridized carbons (Fsp3) is 0.435. The molecule has 0 atom stereocenters. The first kappa shape index (κ1) is 20.2. The highest BCUT2D eigenvalue weighted by Crippen LogP contribution is 2.42. The lowest BCUT2D eigenvalue weighted by atomic mass is 10.2. The van der Waals surface area contributed by atoms with Gasteiger partial charge in [-0.1, -0.05) is 19.6 Å². The van der Waals surface area contributed by atoms with Gasteiger partial charge in [-0.05, 0) is 43.2 Å². The molecule has 0 bridgehead atoms. The number of imidazole rings is 1. The predicted octanol–water partition coefficient (Wildman–Crippen LogP) is 4.97. The monoisotopic (exact) mass is 435 g/mol. The third-order valence-corrected chi connectivity index (χ3v) is 7.45. The second kappa shape index (κ2) is 7.76. The van der Waals surface area contributed by atoms with Crippen LogP contribution in [0.1, 0.15) is 24.6 Å². The van der Waals surface area contributed by atoms with Gasteiger partial charge in [0.15, 0.2) is 5.65 Å². The maximum atomic E-state index is 5.90. The molecular formula is C23H29N5O2Si. The Hall–Kier alpha value is -2.71. The van der Waals surface area contributed by atoms with E-state index in [1.54, 1.807) is 7.11 Å². The van der Waals surface area contributed by atoms with Gasteiger partial charge in [-0.25, -0.2) is 9.67 Å². The van der Waals surface area contributed by atoms with E-state index in [1.165, 1.54) is 12.8 Å². The number of aromatic nitrogens is 5. The fourth-order valence-corrected chi connectivity index (χ4v) is 4.54. The number of ether oxygens (including phenoxy) is 2. The molecule has 162 valence electrons. The molecule has 5 rings (SSSR count). The van der Waals surface area contributed by atoms with E-state index in [0.29, 0.717) is 18.5 Å². The molecule has 0 spiro atoms. The van der Waals surface area contributed by atoms with Crippen LogP contribution in [0.2, 0.25) is 25.7 Å². The Morgan fingerprint density at radius 1 is 1.10 bits per heavy atom. The van der Waals surface area contributed by atoms with Crippen LogP contribution >= 0.6 is 0 Å². The second-order valence-corrected chi connectivity index (χ2v) is 15.1. The summed E-state index contributed by atoms with van der Waals surface area (Å²) in [6.45, 7) is 8.35. The Bertz CT molecular complexity index is 1240. The summed E-state index contributed by atoms with van der Waals surface area (Å²) in [6, 6.07) is 11.4. The number of rotatable bonds is 8. The standard InChI is InChI=1S/C23H29N5O2Si/c1-29-21-10-8-19-23(26-21)28(22(25-19)16-5-6-16)18-7-9-20-17(13-18)14-24-27(20)15-30-11-12-31(2,3)4/h7-10,13-14,16H,5-6,11-12,15H2,1-4H3. The summed E-state index contributed by atoms with van der Waals surface area (Å²) in [7, 11) is 0.553. The lowest BCUT2D eigenvalue weighted by molar-refractivity contribution is 0.0817. The van der Waals surface area contributed by atoms with Crippen LogP contribution in [0.25, 0.3) is 27.8 Å². The van der Waals surface area contributed by atoms with E-state index < -0.39 is 8.07 Å². The molecule has 4 aromatic rings. The minimum Gasteiger partial charge on any atom is -0.481 e. The number of fused-ring (bicyclic) bond motifs is 2. The van der Waals surface area contributed by atoms with Crippen molar-refractivity contribution in [3.63, 3.8) is 0 Å². The number of benzene rings is 1. The van der Waals surface area contributed by atoms with Gasteiger partial charge in [-0.3, -0.25) is 4.57 Å². The van der Waals surface area contributed by atoms with Gasteiger partial charge >= 0.3 is 0 Å². The average Bonchev–Trinajstić information content (AvgIpc) is 3.41. The van der Waals surface area contributed by atoms with Gasteiger partial charge in [0.05, 0.1) is 18.8 Å². The van der Waals surface area contributed by atoms with Crippen molar-refractivity contribution in [2.24, 2.45) is 0 Å². The quantitative estimate of drug-likeness (QED) is 0.289. The van der Waals surface area contributed by atoms with E-state index in [4.69, 9.17) is 19.4 Å². The van der Waals surface area contributed by atoms with Crippen LogP contribution in [-0.4, -0.2) is 46.1 Å². The number of pyridine rings is 1. The summed E-state index contributed by atoms with van der Waals surface area (Å²) in [5.74, 6) is 2.18. The molecule has 1 aliphatic carbocycles. The van der Waals surface area contributed by atoms with Crippen LogP contribution in [0.5, 0.6) is 5.88 Å². The molecule has 7 nitrogen and oxygen atoms in total. The average molecular weight is 436 g/mol. The Morgan fingerprint density at radius 2 is 1.94 bits per heavy atom. The molecule has 8 heteroatoms. The van der Waals surface area contributed by atoms with Crippen LogP contribution in [-0.2, 0) is 11.5 Å². The highest BCUT2D eigenvalue weighted by molar-refractivity contribution is 6.76. The van der Waals surface area contributed by atoms with E-state index in [1.807, 2.05) is 23.0 Å². The normalized spacial score (nSPS) is 14.6. The minimum absolute atomic E-state index is 0.480. The number of nitrogens with zero attached hydrogens (tertiary/aromatic N) is 5. The zero-order chi connectivity index (χ0) is 21.6. The zero-order valence-corrected chi connectivity index (χ0v) is 19.6. The van der Waals surface area contributed by atoms with Gasteiger partial charge in [0.25, 0.3) is 0 Å². The van der Waals surface area contributed by atoms with E-state index in [0.717, 1.165) is 46.2 Å². The van der Waals surface area contributed by atoms with Crippen molar-refractivity contribution >= 4 is 30.1 Å². The van der Waals surface area contributed by atoms with Crippen LogP contribution < -0.4 is 4.74 Å². The SMILES string of the molecule is COc1ccc2nc(C3CC3)n(-c3ccc4c(cnn4COCC[Si](C)(C)C)c3)c2n1. The third kappa shape index (κ3) is 4.09. The summed E-state index contributed by atoms with van der Waals surface area (Å²) >= 11 is 0. The van der Waals surface area contributed by atoms with Gasteiger partial charge in [-0.15, -0.1) is 0 Å². The van der Waals surface area contributed by atoms with Crippen molar-refractivity contribution in [3.8, 4) is 11.6 Å². The molecule has 0 radical (unpaired) electrons. The molecule has 3 heterocycles. The molecule has 3 aromatic heterocycles. The number of methoxy groups -OCH3 is 1. The molecule has 1 saturated carbocycles. The molecular weight excluding hydrogens is 406 g/mol. The van der Waals surface area contributed by atoms with Crippen molar-refractivity contribution in [1.29, 1.82) is 0 Å².